The Morgan fingerprint density at radius 2 is 2.14 bits per heavy atom. The molecule has 2 N–H and O–H groups in total. The van der Waals surface area contributed by atoms with E-state index in [4.69, 9.17) is 5.73 Å². The Balaban J connectivity index is 2.54. The molecule has 5 heteroatoms. The summed E-state index contributed by atoms with van der Waals surface area (Å²) in [5.74, 6) is -0.484. The lowest BCUT2D eigenvalue weighted by Gasteiger charge is -2.09. The highest BCUT2D eigenvalue weighted by atomic mass is 19.1. The molecule has 0 aromatic heterocycles. The van der Waals surface area contributed by atoms with Crippen molar-refractivity contribution in [1.29, 1.82) is 0 Å². The first-order valence-electron chi connectivity index (χ1n) is 4.26. The third-order valence-corrected chi connectivity index (χ3v) is 2.48. The quantitative estimate of drug-likeness (QED) is 0.577. The summed E-state index contributed by atoms with van der Waals surface area (Å²) in [5, 5.41) is 10.6. The molecule has 1 aliphatic carbocycles. The number of nitrogens with two attached hydrogens (primary N) is 1. The van der Waals surface area contributed by atoms with E-state index in [1.165, 1.54) is 0 Å². The van der Waals surface area contributed by atoms with E-state index in [1.54, 1.807) is 0 Å². The van der Waals surface area contributed by atoms with Gasteiger partial charge in [-0.3, -0.25) is 10.1 Å². The Kier molecular flexibility index (Phi) is 1.78. The van der Waals surface area contributed by atoms with Gasteiger partial charge in [0.2, 0.25) is 0 Å². The summed E-state index contributed by atoms with van der Waals surface area (Å²) in [6.45, 7) is 0. The van der Waals surface area contributed by atoms with Crippen LogP contribution < -0.4 is 5.73 Å². The average Bonchev–Trinajstić information content (AvgIpc) is 2.84. The molecule has 0 radical (unpaired) electrons. The number of hydrogen-bond acceptors (Lipinski definition) is 3. The summed E-state index contributed by atoms with van der Waals surface area (Å²) in [7, 11) is 0. The van der Waals surface area contributed by atoms with Crippen LogP contribution in [0.4, 0.5) is 10.1 Å². The van der Waals surface area contributed by atoms with Crippen molar-refractivity contribution in [2.45, 2.75) is 18.4 Å². The van der Waals surface area contributed by atoms with E-state index in [9.17, 15) is 14.5 Å². The van der Waals surface area contributed by atoms with Gasteiger partial charge in [-0.1, -0.05) is 0 Å². The monoisotopic (exact) mass is 196 g/mol. The fraction of sp³-hybridized carbons (Fsp3) is 0.333. The van der Waals surface area contributed by atoms with Crippen molar-refractivity contribution in [2.75, 3.05) is 0 Å². The molecule has 14 heavy (non-hydrogen) atoms. The van der Waals surface area contributed by atoms with Gasteiger partial charge in [0.15, 0.2) is 0 Å². The van der Waals surface area contributed by atoms with Crippen molar-refractivity contribution in [1.82, 2.24) is 0 Å². The lowest BCUT2D eigenvalue weighted by molar-refractivity contribution is -0.385. The first kappa shape index (κ1) is 9.08. The van der Waals surface area contributed by atoms with Gasteiger partial charge in [-0.05, 0) is 25.0 Å². The normalized spacial score (nSPS) is 17.9. The summed E-state index contributed by atoms with van der Waals surface area (Å²) >= 11 is 0. The molecule has 74 valence electrons. The number of nitrogens with zero attached hydrogens (tertiary/aromatic N) is 1. The van der Waals surface area contributed by atoms with Gasteiger partial charge >= 0.3 is 0 Å². The molecular formula is C9H9FN2O2. The molecule has 1 aliphatic rings. The number of nitro groups is 1. The maximum absolute atomic E-state index is 12.9. The molecule has 1 fully saturated rings. The molecular weight excluding hydrogens is 187 g/mol. The third kappa shape index (κ3) is 1.35. The lowest BCUT2D eigenvalue weighted by atomic mass is 10.0. The van der Waals surface area contributed by atoms with Gasteiger partial charge in [0.25, 0.3) is 5.69 Å². The van der Waals surface area contributed by atoms with E-state index in [2.05, 4.69) is 0 Å². The van der Waals surface area contributed by atoms with Crippen LogP contribution >= 0.6 is 0 Å². The highest BCUT2D eigenvalue weighted by Gasteiger charge is 2.44. The zero-order chi connectivity index (χ0) is 10.3. The second kappa shape index (κ2) is 2.75. The van der Waals surface area contributed by atoms with Crippen LogP contribution in [0.15, 0.2) is 18.2 Å². The van der Waals surface area contributed by atoms with Gasteiger partial charge in [-0.2, -0.15) is 0 Å². The minimum atomic E-state index is -0.676. The van der Waals surface area contributed by atoms with Crippen molar-refractivity contribution in [2.24, 2.45) is 5.73 Å². The fourth-order valence-corrected chi connectivity index (χ4v) is 1.47. The van der Waals surface area contributed by atoms with Crippen molar-refractivity contribution < 1.29 is 9.31 Å². The molecule has 4 nitrogen and oxygen atoms in total. The van der Waals surface area contributed by atoms with Gasteiger partial charge in [0, 0.05) is 11.6 Å². The highest BCUT2D eigenvalue weighted by Crippen LogP contribution is 2.46. The predicted octanol–water partition coefficient (Wildman–Crippen LogP) is 1.68. The topological polar surface area (TPSA) is 69.2 Å². The molecule has 1 saturated carbocycles. The van der Waals surface area contributed by atoms with E-state index in [0.717, 1.165) is 18.2 Å². The van der Waals surface area contributed by atoms with Crippen molar-refractivity contribution in [3.8, 4) is 0 Å². The van der Waals surface area contributed by atoms with E-state index < -0.39 is 16.3 Å². The minimum absolute atomic E-state index is 0.0913. The Bertz CT molecular complexity index is 402. The van der Waals surface area contributed by atoms with Gasteiger partial charge in [0.1, 0.15) is 5.82 Å². The molecule has 0 spiro atoms. The molecule has 0 bridgehead atoms. The van der Waals surface area contributed by atoms with Crippen LogP contribution in [-0.4, -0.2) is 4.92 Å². The average molecular weight is 196 g/mol. The van der Waals surface area contributed by atoms with E-state index in [0.29, 0.717) is 18.4 Å². The van der Waals surface area contributed by atoms with Crippen molar-refractivity contribution in [3.05, 3.63) is 39.7 Å². The highest BCUT2D eigenvalue weighted by molar-refractivity contribution is 5.47. The summed E-state index contributed by atoms with van der Waals surface area (Å²) in [6, 6.07) is 3.40. The zero-order valence-corrected chi connectivity index (χ0v) is 7.37. The molecule has 0 atom stereocenters. The summed E-state index contributed by atoms with van der Waals surface area (Å²) in [4.78, 5) is 10.1. The molecule has 0 heterocycles. The van der Waals surface area contributed by atoms with Gasteiger partial charge < -0.3 is 5.73 Å². The fourth-order valence-electron chi connectivity index (χ4n) is 1.47. The maximum atomic E-state index is 12.9. The van der Waals surface area contributed by atoms with Crippen LogP contribution in [0.2, 0.25) is 0 Å². The number of benzene rings is 1. The first-order valence-corrected chi connectivity index (χ1v) is 4.26. The molecule has 0 saturated heterocycles. The van der Waals surface area contributed by atoms with Crippen LogP contribution in [0.1, 0.15) is 18.4 Å². The van der Waals surface area contributed by atoms with Crippen molar-refractivity contribution >= 4 is 5.69 Å². The zero-order valence-electron chi connectivity index (χ0n) is 7.37. The smallest absolute Gasteiger partial charge is 0.274 e. The Hall–Kier alpha value is -1.49. The van der Waals surface area contributed by atoms with Crippen molar-refractivity contribution in [3.63, 3.8) is 0 Å². The minimum Gasteiger partial charge on any atom is -0.321 e. The molecule has 0 aliphatic heterocycles. The van der Waals surface area contributed by atoms with Crippen LogP contribution in [0.3, 0.4) is 0 Å². The SMILES string of the molecule is NC1(c2cc(F)ccc2[N+](=O)[O-])CC1. The summed E-state index contributed by atoms with van der Waals surface area (Å²) < 4.78 is 12.9. The molecule has 1 aromatic rings. The number of nitro benzene ring substituents is 1. The Morgan fingerprint density at radius 3 is 2.64 bits per heavy atom. The Labute approximate surface area is 79.7 Å². The number of rotatable bonds is 2. The second-order valence-electron chi connectivity index (χ2n) is 3.57. The first-order chi connectivity index (χ1) is 6.53. The maximum Gasteiger partial charge on any atom is 0.274 e. The summed E-state index contributed by atoms with van der Waals surface area (Å²) in [5.41, 5.74) is 5.34. The Morgan fingerprint density at radius 1 is 1.50 bits per heavy atom. The molecule has 2 rings (SSSR count). The molecule has 0 unspecified atom stereocenters. The summed E-state index contributed by atoms with van der Waals surface area (Å²) in [6.07, 6.45) is 1.36. The third-order valence-electron chi connectivity index (χ3n) is 2.48. The van der Waals surface area contributed by atoms with Crippen LogP contribution in [-0.2, 0) is 5.54 Å². The van der Waals surface area contributed by atoms with Crippen LogP contribution in [0.5, 0.6) is 0 Å². The second-order valence-corrected chi connectivity index (χ2v) is 3.57. The lowest BCUT2D eigenvalue weighted by Crippen LogP contribution is -2.20. The van der Waals surface area contributed by atoms with Gasteiger partial charge in [-0.15, -0.1) is 0 Å². The van der Waals surface area contributed by atoms with Crippen LogP contribution in [0.25, 0.3) is 0 Å². The molecule has 1 aromatic carbocycles. The van der Waals surface area contributed by atoms with E-state index >= 15 is 0 Å². The van der Waals surface area contributed by atoms with Gasteiger partial charge in [0.05, 0.1) is 10.5 Å². The number of halogens is 1. The molecule has 0 amide bonds. The number of hydrogen-bond donors (Lipinski definition) is 1. The van der Waals surface area contributed by atoms with Gasteiger partial charge in [-0.25, -0.2) is 4.39 Å². The standard InChI is InChI=1S/C9H9FN2O2/c10-6-1-2-8(12(13)14)7(5-6)9(11)3-4-9/h1-2,5H,3-4,11H2. The predicted molar refractivity (Wildman–Crippen MR) is 48.2 cm³/mol. The van der Waals surface area contributed by atoms with Crippen LogP contribution in [0, 0.1) is 15.9 Å². The van der Waals surface area contributed by atoms with E-state index in [1.807, 2.05) is 0 Å². The largest absolute Gasteiger partial charge is 0.321 e. The van der Waals surface area contributed by atoms with E-state index in [-0.39, 0.29) is 5.69 Å².